The fraction of sp³-hybridized carbons (Fsp3) is 0.364. The lowest BCUT2D eigenvalue weighted by molar-refractivity contribution is -0.570. The number of benzene rings is 1. The number of fused-ring (bicyclic) bond motifs is 1. The van der Waals surface area contributed by atoms with Crippen molar-refractivity contribution in [3.63, 3.8) is 0 Å². The average Bonchev–Trinajstić information content (AvgIpc) is 2.64. The van der Waals surface area contributed by atoms with Crippen molar-refractivity contribution in [2.24, 2.45) is 0 Å². The van der Waals surface area contributed by atoms with E-state index in [4.69, 9.17) is 0 Å². The zero-order valence-corrected chi connectivity index (χ0v) is 9.21. The number of hydrogen-bond acceptors (Lipinski definition) is 4. The van der Waals surface area contributed by atoms with Crippen LogP contribution < -0.4 is 5.32 Å². The van der Waals surface area contributed by atoms with Crippen LogP contribution in [0.4, 0.5) is 5.69 Å². The molecule has 17 heavy (non-hydrogen) atoms. The fourth-order valence-corrected chi connectivity index (χ4v) is 2.08. The summed E-state index contributed by atoms with van der Waals surface area (Å²) in [6.07, 6.45) is 0. The summed E-state index contributed by atoms with van der Waals surface area (Å²) < 4.78 is 0. The van der Waals surface area contributed by atoms with Gasteiger partial charge in [-0.25, -0.2) is 0 Å². The molecule has 6 heteroatoms. The number of carbonyl (C=O) groups is 1. The smallest absolute Gasteiger partial charge is 0.257 e. The minimum Gasteiger partial charge on any atom is -0.389 e. The normalized spacial score (nSPS) is 21.5. The number of para-hydroxylation sites is 1. The van der Waals surface area contributed by atoms with Gasteiger partial charge in [-0.15, -0.1) is 0 Å². The maximum Gasteiger partial charge on any atom is 0.257 e. The van der Waals surface area contributed by atoms with Crippen molar-refractivity contribution in [2.75, 3.05) is 11.9 Å². The summed E-state index contributed by atoms with van der Waals surface area (Å²) in [5.74, 6) is -1.40. The third-order valence-electron chi connectivity index (χ3n) is 3.15. The first kappa shape index (κ1) is 11.5. The van der Waals surface area contributed by atoms with Crippen LogP contribution in [0.1, 0.15) is 18.4 Å². The second-order valence-electron chi connectivity index (χ2n) is 4.28. The minimum absolute atomic E-state index is 0.445. The molecule has 0 saturated heterocycles. The van der Waals surface area contributed by atoms with Crippen LogP contribution in [0.25, 0.3) is 0 Å². The summed E-state index contributed by atoms with van der Waals surface area (Å²) in [6.45, 7) is 0.589. The van der Waals surface area contributed by atoms with Gasteiger partial charge in [-0.2, -0.15) is 0 Å². The maximum absolute atomic E-state index is 11.8. The van der Waals surface area contributed by atoms with Gasteiger partial charge in [-0.3, -0.25) is 14.9 Å². The van der Waals surface area contributed by atoms with Crippen LogP contribution in [0.2, 0.25) is 0 Å². The summed E-state index contributed by atoms with van der Waals surface area (Å²) >= 11 is 0. The van der Waals surface area contributed by atoms with E-state index in [0.717, 1.165) is 0 Å². The highest BCUT2D eigenvalue weighted by molar-refractivity contribution is 6.03. The molecule has 2 N–H and O–H groups in total. The lowest BCUT2D eigenvalue weighted by Crippen LogP contribution is -2.47. The highest BCUT2D eigenvalue weighted by Crippen LogP contribution is 2.40. The lowest BCUT2D eigenvalue weighted by atomic mass is 9.82. The van der Waals surface area contributed by atoms with Crippen molar-refractivity contribution in [1.29, 1.82) is 0 Å². The number of nitrogens with zero attached hydrogens (tertiary/aromatic N) is 1. The SMILES string of the molecule is CC(CO)(C1C(=O)Nc2ccccc21)[N+](=O)[O-]. The Kier molecular flexibility index (Phi) is 2.59. The van der Waals surface area contributed by atoms with Crippen molar-refractivity contribution in [1.82, 2.24) is 0 Å². The average molecular weight is 236 g/mol. The molecule has 1 aliphatic heterocycles. The molecule has 0 fully saturated rings. The molecular formula is C11H12N2O4. The number of hydrogen-bond donors (Lipinski definition) is 2. The van der Waals surface area contributed by atoms with Gasteiger partial charge in [-0.1, -0.05) is 18.2 Å². The van der Waals surface area contributed by atoms with Gasteiger partial charge in [0.15, 0.2) is 0 Å². The molecule has 1 heterocycles. The van der Waals surface area contributed by atoms with Crippen LogP contribution in [0, 0.1) is 10.1 Å². The van der Waals surface area contributed by atoms with E-state index in [1.54, 1.807) is 24.3 Å². The Morgan fingerprint density at radius 1 is 1.53 bits per heavy atom. The van der Waals surface area contributed by atoms with Crippen LogP contribution in [0.5, 0.6) is 0 Å². The first-order valence-electron chi connectivity index (χ1n) is 5.16. The molecule has 1 amide bonds. The van der Waals surface area contributed by atoms with E-state index in [2.05, 4.69) is 5.32 Å². The number of nitrogens with one attached hydrogen (secondary N) is 1. The molecule has 0 aromatic heterocycles. The van der Waals surface area contributed by atoms with E-state index in [1.807, 2.05) is 0 Å². The van der Waals surface area contributed by atoms with Gasteiger partial charge in [0, 0.05) is 17.5 Å². The highest BCUT2D eigenvalue weighted by atomic mass is 16.6. The van der Waals surface area contributed by atoms with Crippen LogP contribution in [-0.4, -0.2) is 28.1 Å². The Morgan fingerprint density at radius 3 is 2.76 bits per heavy atom. The van der Waals surface area contributed by atoms with Crippen molar-refractivity contribution in [3.8, 4) is 0 Å². The van der Waals surface area contributed by atoms with Crippen molar-refractivity contribution < 1.29 is 14.8 Å². The molecule has 0 radical (unpaired) electrons. The summed E-state index contributed by atoms with van der Waals surface area (Å²) in [5.41, 5.74) is -0.564. The zero-order valence-electron chi connectivity index (χ0n) is 9.21. The molecule has 6 nitrogen and oxygen atoms in total. The molecule has 90 valence electrons. The van der Waals surface area contributed by atoms with Crippen molar-refractivity contribution in [2.45, 2.75) is 18.4 Å². The molecule has 0 bridgehead atoms. The Balaban J connectivity index is 2.53. The summed E-state index contributed by atoms with van der Waals surface area (Å²) in [4.78, 5) is 22.3. The predicted molar refractivity (Wildman–Crippen MR) is 60.3 cm³/mol. The zero-order chi connectivity index (χ0) is 12.6. The largest absolute Gasteiger partial charge is 0.389 e. The van der Waals surface area contributed by atoms with Crippen LogP contribution >= 0.6 is 0 Å². The lowest BCUT2D eigenvalue weighted by Gasteiger charge is -2.23. The van der Waals surface area contributed by atoms with Gasteiger partial charge in [0.1, 0.15) is 12.5 Å². The molecule has 1 aromatic rings. The maximum atomic E-state index is 11.8. The standard InChI is InChI=1S/C11H12N2O4/c1-11(6-14,13(16)17)9-7-4-2-3-5-8(7)12-10(9)15/h2-5,9,14H,6H2,1H3,(H,12,15). The van der Waals surface area contributed by atoms with E-state index in [-0.39, 0.29) is 0 Å². The van der Waals surface area contributed by atoms with E-state index in [9.17, 15) is 20.0 Å². The monoisotopic (exact) mass is 236 g/mol. The molecule has 0 spiro atoms. The van der Waals surface area contributed by atoms with Crippen molar-refractivity contribution >= 4 is 11.6 Å². The summed E-state index contributed by atoms with van der Waals surface area (Å²) in [7, 11) is 0. The molecule has 2 rings (SSSR count). The number of carbonyl (C=O) groups excluding carboxylic acids is 1. The van der Waals surface area contributed by atoms with E-state index >= 15 is 0 Å². The number of rotatable bonds is 3. The molecule has 0 saturated carbocycles. The van der Waals surface area contributed by atoms with Gasteiger partial charge in [0.25, 0.3) is 5.54 Å². The fourth-order valence-electron chi connectivity index (χ4n) is 2.08. The van der Waals surface area contributed by atoms with Crippen LogP contribution in [-0.2, 0) is 4.79 Å². The highest BCUT2D eigenvalue weighted by Gasteiger charge is 2.53. The number of aliphatic hydroxyl groups excluding tert-OH is 1. The Hall–Kier alpha value is -1.95. The van der Waals surface area contributed by atoms with Gasteiger partial charge in [0.05, 0.1) is 0 Å². The van der Waals surface area contributed by atoms with E-state index in [0.29, 0.717) is 11.3 Å². The Labute approximate surface area is 97.4 Å². The van der Waals surface area contributed by atoms with E-state index < -0.39 is 28.9 Å². The van der Waals surface area contributed by atoms with Crippen LogP contribution in [0.15, 0.2) is 24.3 Å². The Bertz CT molecular complexity index is 488. The number of aliphatic hydroxyl groups is 1. The minimum atomic E-state index is -1.70. The summed E-state index contributed by atoms with van der Waals surface area (Å²) in [6, 6.07) is 6.80. The molecule has 1 aliphatic rings. The third kappa shape index (κ3) is 1.57. The first-order valence-corrected chi connectivity index (χ1v) is 5.16. The molecule has 2 unspecified atom stereocenters. The number of nitro groups is 1. The molecule has 1 aromatic carbocycles. The first-order chi connectivity index (χ1) is 8.00. The Morgan fingerprint density at radius 2 is 2.18 bits per heavy atom. The predicted octanol–water partition coefficient (Wildman–Crippen LogP) is 0.750. The quantitative estimate of drug-likeness (QED) is 0.598. The van der Waals surface area contributed by atoms with Crippen molar-refractivity contribution in [3.05, 3.63) is 39.9 Å². The second-order valence-corrected chi connectivity index (χ2v) is 4.28. The third-order valence-corrected chi connectivity index (χ3v) is 3.15. The molecule has 0 aliphatic carbocycles. The van der Waals surface area contributed by atoms with E-state index in [1.165, 1.54) is 6.92 Å². The number of amides is 1. The molecule has 2 atom stereocenters. The summed E-state index contributed by atoms with van der Waals surface area (Å²) in [5, 5.41) is 22.9. The second kappa shape index (κ2) is 3.81. The van der Waals surface area contributed by atoms with Crippen LogP contribution in [0.3, 0.4) is 0 Å². The van der Waals surface area contributed by atoms with Gasteiger partial charge in [-0.05, 0) is 11.6 Å². The number of anilines is 1. The van der Waals surface area contributed by atoms with Gasteiger partial charge < -0.3 is 10.4 Å². The topological polar surface area (TPSA) is 92.5 Å². The van der Waals surface area contributed by atoms with Gasteiger partial charge in [0.2, 0.25) is 5.91 Å². The molecular weight excluding hydrogens is 224 g/mol. The van der Waals surface area contributed by atoms with Gasteiger partial charge >= 0.3 is 0 Å².